The number of nitrogens with one attached hydrogen (secondary N) is 1. The van der Waals surface area contributed by atoms with Crippen molar-refractivity contribution in [2.24, 2.45) is 5.73 Å². The second-order valence-corrected chi connectivity index (χ2v) is 1.61. The maximum Gasteiger partial charge on any atom is 0.136 e. The van der Waals surface area contributed by atoms with Gasteiger partial charge in [-0.25, -0.2) is 0 Å². The van der Waals surface area contributed by atoms with Crippen LogP contribution in [0.5, 0.6) is 0 Å². The minimum absolute atomic E-state index is 0.0556. The second-order valence-electron chi connectivity index (χ2n) is 1.61. The van der Waals surface area contributed by atoms with E-state index in [0.717, 1.165) is 12.7 Å². The third-order valence-electron chi connectivity index (χ3n) is 1.01. The van der Waals surface area contributed by atoms with Crippen LogP contribution in [0.25, 0.3) is 0 Å². The minimum atomic E-state index is -0.0556. The van der Waals surface area contributed by atoms with Gasteiger partial charge >= 0.3 is 0 Å². The van der Waals surface area contributed by atoms with Gasteiger partial charge in [-0.3, -0.25) is 0 Å². The van der Waals surface area contributed by atoms with Crippen molar-refractivity contribution in [2.75, 3.05) is 13.6 Å². The molecule has 0 fully saturated rings. The van der Waals surface area contributed by atoms with Crippen LogP contribution in [0.15, 0.2) is 0 Å². The minimum Gasteiger partial charge on any atom is -0.330 e. The lowest BCUT2D eigenvalue weighted by Gasteiger charge is -2.03. The summed E-state index contributed by atoms with van der Waals surface area (Å²) in [6.45, 7) is 0.560. The molecule has 0 aliphatic rings. The van der Waals surface area contributed by atoms with E-state index in [2.05, 4.69) is 5.32 Å². The van der Waals surface area contributed by atoms with Crippen LogP contribution in [0, 0.1) is 0 Å². The molecule has 0 saturated carbocycles. The fourth-order valence-electron chi connectivity index (χ4n) is 0.460. The molecule has 0 radical (unpaired) electrons. The number of hydrogen-bond donors (Lipinski definition) is 2. The Labute approximate surface area is 49.3 Å². The van der Waals surface area contributed by atoms with E-state index in [0.29, 0.717) is 6.54 Å². The Kier molecular flexibility index (Phi) is 4.50. The molecule has 8 heavy (non-hydrogen) atoms. The summed E-state index contributed by atoms with van der Waals surface area (Å²) in [7, 11) is 1.74. The highest BCUT2D eigenvalue weighted by Gasteiger charge is 1.98. The van der Waals surface area contributed by atoms with Crippen molar-refractivity contribution >= 4 is 6.29 Å². The maximum absolute atomic E-state index is 10.0. The van der Waals surface area contributed by atoms with E-state index in [1.165, 1.54) is 0 Å². The normalized spacial score (nSPS) is 13.2. The number of aldehydes is 1. The number of rotatable bonds is 4. The van der Waals surface area contributed by atoms with Crippen molar-refractivity contribution in [1.29, 1.82) is 0 Å². The van der Waals surface area contributed by atoms with E-state index in [1.54, 1.807) is 7.05 Å². The number of carbonyl (C=O) groups is 1. The van der Waals surface area contributed by atoms with Gasteiger partial charge in [0.2, 0.25) is 0 Å². The molecular formula is C5H12N2O. The van der Waals surface area contributed by atoms with Gasteiger partial charge in [-0.15, -0.1) is 0 Å². The molecule has 0 rings (SSSR count). The monoisotopic (exact) mass is 116 g/mol. The predicted octanol–water partition coefficient (Wildman–Crippen LogP) is -0.878. The third kappa shape index (κ3) is 2.71. The summed E-state index contributed by atoms with van der Waals surface area (Å²) in [6, 6.07) is -0.0556. The van der Waals surface area contributed by atoms with Crippen molar-refractivity contribution in [2.45, 2.75) is 12.5 Å². The van der Waals surface area contributed by atoms with E-state index in [9.17, 15) is 4.79 Å². The standard InChI is InChI=1S/C5H12N2O/c1-7-5(4-8)2-3-6/h4-5,7H,2-3,6H2,1H3/t5-/m0/s1. The molecule has 0 aromatic heterocycles. The van der Waals surface area contributed by atoms with E-state index < -0.39 is 0 Å². The summed E-state index contributed by atoms with van der Waals surface area (Å²) in [4.78, 5) is 10.0. The molecule has 0 unspecified atom stereocenters. The van der Waals surface area contributed by atoms with Gasteiger partial charge in [0.25, 0.3) is 0 Å². The summed E-state index contributed by atoms with van der Waals surface area (Å²) in [6.07, 6.45) is 1.59. The molecule has 0 bridgehead atoms. The number of likely N-dealkylation sites (N-methyl/N-ethyl adjacent to an activating group) is 1. The van der Waals surface area contributed by atoms with E-state index in [-0.39, 0.29) is 6.04 Å². The predicted molar refractivity (Wildman–Crippen MR) is 32.6 cm³/mol. The average molecular weight is 116 g/mol. The fraction of sp³-hybridized carbons (Fsp3) is 0.800. The molecule has 0 aromatic rings. The van der Waals surface area contributed by atoms with Gasteiger partial charge in [0.05, 0.1) is 6.04 Å². The lowest BCUT2D eigenvalue weighted by Crippen LogP contribution is -2.28. The molecule has 0 aromatic carbocycles. The SMILES string of the molecule is CN[C@H](C=O)CCN. The molecule has 48 valence electrons. The van der Waals surface area contributed by atoms with Crippen LogP contribution in [-0.4, -0.2) is 25.9 Å². The highest BCUT2D eigenvalue weighted by Crippen LogP contribution is 1.80. The van der Waals surface area contributed by atoms with E-state index in [1.807, 2.05) is 0 Å². The molecule has 3 heteroatoms. The zero-order chi connectivity index (χ0) is 6.41. The van der Waals surface area contributed by atoms with E-state index in [4.69, 9.17) is 5.73 Å². The number of nitrogens with two attached hydrogens (primary N) is 1. The van der Waals surface area contributed by atoms with Crippen molar-refractivity contribution in [3.8, 4) is 0 Å². The molecule has 0 aliphatic carbocycles. The number of hydrogen-bond acceptors (Lipinski definition) is 3. The second kappa shape index (κ2) is 4.74. The van der Waals surface area contributed by atoms with Crippen LogP contribution in [0.2, 0.25) is 0 Å². The van der Waals surface area contributed by atoms with Crippen molar-refractivity contribution < 1.29 is 4.79 Å². The summed E-state index contributed by atoms with van der Waals surface area (Å²) in [5, 5.41) is 2.80. The van der Waals surface area contributed by atoms with Crippen LogP contribution in [-0.2, 0) is 4.79 Å². The molecular weight excluding hydrogens is 104 g/mol. The average Bonchev–Trinajstić information content (AvgIpc) is 1.83. The summed E-state index contributed by atoms with van der Waals surface area (Å²) >= 11 is 0. The molecule has 0 spiro atoms. The Hall–Kier alpha value is -0.410. The molecule has 0 saturated heterocycles. The van der Waals surface area contributed by atoms with Gasteiger partial charge in [-0.1, -0.05) is 0 Å². The van der Waals surface area contributed by atoms with Crippen molar-refractivity contribution in [3.63, 3.8) is 0 Å². The van der Waals surface area contributed by atoms with Gasteiger partial charge < -0.3 is 15.8 Å². The number of carbonyl (C=O) groups excluding carboxylic acids is 1. The first-order valence-electron chi connectivity index (χ1n) is 2.67. The Balaban J connectivity index is 3.21. The Morgan fingerprint density at radius 2 is 2.50 bits per heavy atom. The Bertz CT molecular complexity index is 65.4. The van der Waals surface area contributed by atoms with Crippen molar-refractivity contribution in [3.05, 3.63) is 0 Å². The molecule has 0 amide bonds. The summed E-state index contributed by atoms with van der Waals surface area (Å²) in [5.41, 5.74) is 5.18. The fourth-order valence-corrected chi connectivity index (χ4v) is 0.460. The van der Waals surface area contributed by atoms with Gasteiger partial charge in [0.1, 0.15) is 6.29 Å². The van der Waals surface area contributed by atoms with Crippen LogP contribution in [0.1, 0.15) is 6.42 Å². The van der Waals surface area contributed by atoms with E-state index >= 15 is 0 Å². The largest absolute Gasteiger partial charge is 0.330 e. The first-order chi connectivity index (χ1) is 3.85. The molecule has 3 nitrogen and oxygen atoms in total. The van der Waals surface area contributed by atoms with Gasteiger partial charge in [-0.05, 0) is 20.0 Å². The van der Waals surface area contributed by atoms with Gasteiger partial charge in [0, 0.05) is 0 Å². The Morgan fingerprint density at radius 1 is 1.88 bits per heavy atom. The van der Waals surface area contributed by atoms with Crippen LogP contribution in [0.4, 0.5) is 0 Å². The van der Waals surface area contributed by atoms with Gasteiger partial charge in [-0.2, -0.15) is 0 Å². The topological polar surface area (TPSA) is 55.1 Å². The third-order valence-corrected chi connectivity index (χ3v) is 1.01. The summed E-state index contributed by atoms with van der Waals surface area (Å²) < 4.78 is 0. The van der Waals surface area contributed by atoms with Crippen molar-refractivity contribution in [1.82, 2.24) is 5.32 Å². The highest BCUT2D eigenvalue weighted by molar-refractivity contribution is 5.57. The first kappa shape index (κ1) is 7.59. The van der Waals surface area contributed by atoms with Gasteiger partial charge in [0.15, 0.2) is 0 Å². The molecule has 3 N–H and O–H groups in total. The molecule has 0 aliphatic heterocycles. The highest BCUT2D eigenvalue weighted by atomic mass is 16.1. The molecule has 0 heterocycles. The summed E-state index contributed by atoms with van der Waals surface area (Å²) in [5.74, 6) is 0. The molecule has 1 atom stereocenters. The quantitative estimate of drug-likeness (QED) is 0.469. The van der Waals surface area contributed by atoms with Crippen LogP contribution in [0.3, 0.4) is 0 Å². The lowest BCUT2D eigenvalue weighted by molar-refractivity contribution is -0.109. The zero-order valence-electron chi connectivity index (χ0n) is 5.05. The Morgan fingerprint density at radius 3 is 2.62 bits per heavy atom. The maximum atomic E-state index is 10.0. The lowest BCUT2D eigenvalue weighted by atomic mass is 10.2. The first-order valence-corrected chi connectivity index (χ1v) is 2.67. The zero-order valence-corrected chi connectivity index (χ0v) is 5.05. The smallest absolute Gasteiger partial charge is 0.136 e. The van der Waals surface area contributed by atoms with Crippen LogP contribution >= 0.6 is 0 Å². The van der Waals surface area contributed by atoms with Crippen LogP contribution < -0.4 is 11.1 Å².